The van der Waals surface area contributed by atoms with Crippen LogP contribution in [0.3, 0.4) is 0 Å². The molecule has 0 N–H and O–H groups in total. The van der Waals surface area contributed by atoms with Crippen LogP contribution < -0.4 is 0 Å². The van der Waals surface area contributed by atoms with Gasteiger partial charge in [0, 0.05) is 0 Å². The average Bonchev–Trinajstić information content (AvgIpc) is 2.32. The largest absolute Gasteiger partial charge is 0.374 e. The topological polar surface area (TPSA) is 26.3 Å². The van der Waals surface area contributed by atoms with Crippen LogP contribution in [0.2, 0.25) is 0 Å². The molecule has 1 rings (SSSR count). The quantitative estimate of drug-likeness (QED) is 0.495. The number of aldehydes is 1. The Kier molecular flexibility index (Phi) is 3.48. The molecule has 1 aliphatic rings. The van der Waals surface area contributed by atoms with Crippen molar-refractivity contribution in [3.8, 4) is 0 Å². The summed E-state index contributed by atoms with van der Waals surface area (Å²) in [4.78, 5) is 10.1. The Balaban J connectivity index is 2.38. The molecule has 1 saturated carbocycles. The Morgan fingerprint density at radius 1 is 1.46 bits per heavy atom. The summed E-state index contributed by atoms with van der Waals surface area (Å²) in [6.07, 6.45) is 3.36. The molecule has 0 heterocycles. The third-order valence-electron chi connectivity index (χ3n) is 3.78. The number of carbonyl (C=O) groups is 1. The van der Waals surface area contributed by atoms with Gasteiger partial charge in [-0.25, -0.2) is 0 Å². The summed E-state index contributed by atoms with van der Waals surface area (Å²) in [5, 5.41) is 0. The highest BCUT2D eigenvalue weighted by Crippen LogP contribution is 2.46. The lowest BCUT2D eigenvalue weighted by atomic mass is 9.77. The minimum Gasteiger partial charge on any atom is -0.374 e. The highest BCUT2D eigenvalue weighted by molar-refractivity contribution is 5.50. The predicted molar refractivity (Wildman–Crippen MR) is 52.6 cm³/mol. The smallest absolute Gasteiger partial charge is 0.145 e. The fraction of sp³-hybridized carbons (Fsp3) is 0.909. The summed E-state index contributed by atoms with van der Waals surface area (Å²) in [7, 11) is 0. The molecule has 0 aromatic carbocycles. The van der Waals surface area contributed by atoms with Crippen molar-refractivity contribution in [3.05, 3.63) is 0 Å². The second kappa shape index (κ2) is 4.23. The van der Waals surface area contributed by atoms with E-state index in [-0.39, 0.29) is 6.61 Å². The Labute approximate surface area is 80.7 Å². The van der Waals surface area contributed by atoms with Crippen molar-refractivity contribution in [1.29, 1.82) is 0 Å². The standard InChI is InChI=1S/C11H20O2/c1-9-4-5-10(11(9,2)3)8-13-7-6-12/h6,9-10H,4-5,7-8H2,1-3H3/t9?,10-/m1/s1. The van der Waals surface area contributed by atoms with E-state index in [2.05, 4.69) is 20.8 Å². The SMILES string of the molecule is CC1CC[C@H](COCC=O)C1(C)C. The van der Waals surface area contributed by atoms with Crippen LogP contribution in [-0.4, -0.2) is 19.5 Å². The zero-order chi connectivity index (χ0) is 9.90. The van der Waals surface area contributed by atoms with Crippen molar-refractivity contribution in [2.45, 2.75) is 33.6 Å². The van der Waals surface area contributed by atoms with Crippen LogP contribution in [0.15, 0.2) is 0 Å². The van der Waals surface area contributed by atoms with Crippen LogP contribution in [0.4, 0.5) is 0 Å². The Bertz CT molecular complexity index is 175. The summed E-state index contributed by atoms with van der Waals surface area (Å²) >= 11 is 0. The van der Waals surface area contributed by atoms with E-state index >= 15 is 0 Å². The van der Waals surface area contributed by atoms with E-state index < -0.39 is 0 Å². The molecule has 1 unspecified atom stereocenters. The van der Waals surface area contributed by atoms with E-state index in [9.17, 15) is 4.79 Å². The molecule has 0 aromatic heterocycles. The molecular weight excluding hydrogens is 164 g/mol. The van der Waals surface area contributed by atoms with Crippen LogP contribution in [0, 0.1) is 17.3 Å². The molecule has 0 spiro atoms. The van der Waals surface area contributed by atoms with Gasteiger partial charge in [-0.1, -0.05) is 20.8 Å². The van der Waals surface area contributed by atoms with Gasteiger partial charge in [0.15, 0.2) is 0 Å². The molecule has 76 valence electrons. The molecule has 0 saturated heterocycles. The maximum atomic E-state index is 10.1. The lowest BCUT2D eigenvalue weighted by Gasteiger charge is -2.30. The zero-order valence-electron chi connectivity index (χ0n) is 8.88. The number of ether oxygens (including phenoxy) is 1. The van der Waals surface area contributed by atoms with Crippen molar-refractivity contribution in [3.63, 3.8) is 0 Å². The van der Waals surface area contributed by atoms with Gasteiger partial charge < -0.3 is 9.53 Å². The van der Waals surface area contributed by atoms with E-state index in [1.165, 1.54) is 12.8 Å². The monoisotopic (exact) mass is 184 g/mol. The molecule has 1 aliphatic carbocycles. The molecular formula is C11H20O2. The number of carbonyl (C=O) groups excluding carboxylic acids is 1. The molecule has 0 aromatic rings. The van der Waals surface area contributed by atoms with Crippen LogP contribution in [0.5, 0.6) is 0 Å². The summed E-state index contributed by atoms with van der Waals surface area (Å²) in [6.45, 7) is 7.91. The van der Waals surface area contributed by atoms with E-state index in [1.54, 1.807) is 0 Å². The second-order valence-corrected chi connectivity index (χ2v) is 4.70. The normalized spacial score (nSPS) is 31.9. The third-order valence-corrected chi connectivity index (χ3v) is 3.78. The van der Waals surface area contributed by atoms with Gasteiger partial charge >= 0.3 is 0 Å². The predicted octanol–water partition coefficient (Wildman–Crippen LogP) is 2.27. The number of hydrogen-bond acceptors (Lipinski definition) is 2. The fourth-order valence-corrected chi connectivity index (χ4v) is 2.15. The molecule has 0 bridgehead atoms. The maximum absolute atomic E-state index is 10.1. The summed E-state index contributed by atoms with van der Waals surface area (Å²) in [6, 6.07) is 0. The lowest BCUT2D eigenvalue weighted by molar-refractivity contribution is -0.112. The summed E-state index contributed by atoms with van der Waals surface area (Å²) in [5.41, 5.74) is 0.378. The van der Waals surface area contributed by atoms with Crippen molar-refractivity contribution in [2.75, 3.05) is 13.2 Å². The molecule has 2 heteroatoms. The first kappa shape index (κ1) is 10.7. The van der Waals surface area contributed by atoms with Gasteiger partial charge in [0.1, 0.15) is 12.9 Å². The average molecular weight is 184 g/mol. The first-order valence-corrected chi connectivity index (χ1v) is 5.10. The maximum Gasteiger partial charge on any atom is 0.145 e. The van der Waals surface area contributed by atoms with E-state index in [0.717, 1.165) is 18.8 Å². The van der Waals surface area contributed by atoms with Crippen molar-refractivity contribution >= 4 is 6.29 Å². The van der Waals surface area contributed by atoms with Gasteiger partial charge in [0.05, 0.1) is 6.61 Å². The van der Waals surface area contributed by atoms with Crippen LogP contribution >= 0.6 is 0 Å². The first-order valence-electron chi connectivity index (χ1n) is 5.10. The summed E-state index contributed by atoms with van der Waals surface area (Å²) in [5.74, 6) is 1.40. The number of hydrogen-bond donors (Lipinski definition) is 0. The minimum absolute atomic E-state index is 0.251. The lowest BCUT2D eigenvalue weighted by Crippen LogP contribution is -2.27. The minimum atomic E-state index is 0.251. The van der Waals surface area contributed by atoms with Crippen LogP contribution in [-0.2, 0) is 9.53 Å². The molecule has 0 radical (unpaired) electrons. The summed E-state index contributed by atoms with van der Waals surface area (Å²) < 4.78 is 5.28. The van der Waals surface area contributed by atoms with Crippen LogP contribution in [0.1, 0.15) is 33.6 Å². The van der Waals surface area contributed by atoms with Crippen molar-refractivity contribution in [1.82, 2.24) is 0 Å². The van der Waals surface area contributed by atoms with Gasteiger partial charge in [0.25, 0.3) is 0 Å². The van der Waals surface area contributed by atoms with E-state index in [1.807, 2.05) is 0 Å². The molecule has 13 heavy (non-hydrogen) atoms. The van der Waals surface area contributed by atoms with Crippen molar-refractivity contribution < 1.29 is 9.53 Å². The van der Waals surface area contributed by atoms with E-state index in [4.69, 9.17) is 4.74 Å². The van der Waals surface area contributed by atoms with Crippen LogP contribution in [0.25, 0.3) is 0 Å². The van der Waals surface area contributed by atoms with E-state index in [0.29, 0.717) is 11.3 Å². The number of rotatable bonds is 4. The van der Waals surface area contributed by atoms with Gasteiger partial charge in [-0.2, -0.15) is 0 Å². The van der Waals surface area contributed by atoms with Gasteiger partial charge in [-0.15, -0.1) is 0 Å². The second-order valence-electron chi connectivity index (χ2n) is 4.70. The molecule has 0 amide bonds. The molecule has 2 atom stereocenters. The highest BCUT2D eigenvalue weighted by atomic mass is 16.5. The van der Waals surface area contributed by atoms with Crippen molar-refractivity contribution in [2.24, 2.45) is 17.3 Å². The Hall–Kier alpha value is -0.370. The highest BCUT2D eigenvalue weighted by Gasteiger charge is 2.40. The first-order chi connectivity index (χ1) is 6.09. The molecule has 1 fully saturated rings. The van der Waals surface area contributed by atoms with Gasteiger partial charge in [-0.05, 0) is 30.1 Å². The Morgan fingerprint density at radius 2 is 2.15 bits per heavy atom. The third kappa shape index (κ3) is 2.31. The molecule has 0 aliphatic heterocycles. The Morgan fingerprint density at radius 3 is 2.62 bits per heavy atom. The van der Waals surface area contributed by atoms with Gasteiger partial charge in [-0.3, -0.25) is 0 Å². The van der Waals surface area contributed by atoms with Gasteiger partial charge in [0.2, 0.25) is 0 Å². The zero-order valence-corrected chi connectivity index (χ0v) is 8.88. The molecule has 2 nitrogen and oxygen atoms in total. The fourth-order valence-electron chi connectivity index (χ4n) is 2.15.